The van der Waals surface area contributed by atoms with Crippen molar-refractivity contribution in [2.24, 2.45) is 11.8 Å². The fourth-order valence-electron chi connectivity index (χ4n) is 5.18. The van der Waals surface area contributed by atoms with E-state index in [9.17, 15) is 4.79 Å². The van der Waals surface area contributed by atoms with E-state index < -0.39 is 32.5 Å². The van der Waals surface area contributed by atoms with E-state index in [4.69, 9.17) is 37.6 Å². The Labute approximate surface area is 242 Å². The maximum Gasteiger partial charge on any atom is 0.312 e. The minimum atomic E-state index is -2.36. The van der Waals surface area contributed by atoms with Gasteiger partial charge in [0.1, 0.15) is 5.75 Å². The van der Waals surface area contributed by atoms with Crippen LogP contribution in [0.1, 0.15) is 44.1 Å². The number of carbonyl (C=O) groups is 1. The summed E-state index contributed by atoms with van der Waals surface area (Å²) in [6.45, 7) is 15.5. The molecule has 1 saturated heterocycles. The van der Waals surface area contributed by atoms with Gasteiger partial charge in [-0.15, -0.1) is 6.58 Å². The summed E-state index contributed by atoms with van der Waals surface area (Å²) >= 11 is 0. The van der Waals surface area contributed by atoms with E-state index in [1.165, 1.54) is 0 Å². The van der Waals surface area contributed by atoms with Crippen LogP contribution < -0.4 is 23.7 Å². The number of methoxy groups -OCH3 is 2. The summed E-state index contributed by atoms with van der Waals surface area (Å²) in [6.07, 6.45) is 0.213. The molecule has 0 unspecified atom stereocenters. The van der Waals surface area contributed by atoms with Gasteiger partial charge in [0, 0.05) is 30.2 Å². The molecule has 3 aliphatic heterocycles. The number of rotatable bonds is 9. The van der Waals surface area contributed by atoms with Crippen LogP contribution >= 0.6 is 0 Å². The summed E-state index contributed by atoms with van der Waals surface area (Å²) in [7, 11) is 0.858. The van der Waals surface area contributed by atoms with Gasteiger partial charge in [-0.3, -0.25) is 4.79 Å². The molecule has 222 valence electrons. The Balaban J connectivity index is 1.57. The van der Waals surface area contributed by atoms with Crippen LogP contribution in [0.25, 0.3) is 0 Å². The third kappa shape index (κ3) is 5.52. The van der Waals surface area contributed by atoms with Crippen LogP contribution in [0.2, 0.25) is 18.1 Å². The van der Waals surface area contributed by atoms with Gasteiger partial charge in [0.05, 0.1) is 32.3 Å². The van der Waals surface area contributed by atoms with Crippen molar-refractivity contribution in [2.45, 2.75) is 57.2 Å². The van der Waals surface area contributed by atoms with E-state index in [0.29, 0.717) is 34.3 Å². The first-order valence-corrected chi connectivity index (χ1v) is 16.8. The quantitative estimate of drug-likeness (QED) is 0.200. The lowest BCUT2D eigenvalue weighted by Gasteiger charge is -2.41. The van der Waals surface area contributed by atoms with Crippen molar-refractivity contribution >= 4 is 14.3 Å². The summed E-state index contributed by atoms with van der Waals surface area (Å²) in [5, 5.41) is -0.0973. The van der Waals surface area contributed by atoms with Gasteiger partial charge in [-0.25, -0.2) is 0 Å². The molecule has 0 bridgehead atoms. The molecule has 3 heterocycles. The van der Waals surface area contributed by atoms with Crippen LogP contribution in [0.4, 0.5) is 0 Å². The zero-order chi connectivity index (χ0) is 29.5. The van der Waals surface area contributed by atoms with Crippen LogP contribution in [0.15, 0.2) is 43.0 Å². The topological polar surface area (TPSA) is 90.9 Å². The highest BCUT2D eigenvalue weighted by atomic mass is 28.4. The summed E-state index contributed by atoms with van der Waals surface area (Å²) in [4.78, 5) is 13.1. The van der Waals surface area contributed by atoms with Crippen molar-refractivity contribution in [3.05, 3.63) is 54.1 Å². The first-order chi connectivity index (χ1) is 19.5. The predicted molar refractivity (Wildman–Crippen MR) is 154 cm³/mol. The number of carbonyl (C=O) groups excluding carboxylic acids is 1. The summed E-state index contributed by atoms with van der Waals surface area (Å²) < 4.78 is 48.0. The molecule has 3 aliphatic rings. The van der Waals surface area contributed by atoms with Crippen LogP contribution in [0, 0.1) is 11.8 Å². The van der Waals surface area contributed by atoms with Crippen molar-refractivity contribution in [3.8, 4) is 28.7 Å². The van der Waals surface area contributed by atoms with Crippen molar-refractivity contribution in [2.75, 3.05) is 34.2 Å². The monoisotopic (exact) mass is 584 g/mol. The number of esters is 1. The molecule has 5 rings (SSSR count). The molecule has 9 nitrogen and oxygen atoms in total. The third-order valence-electron chi connectivity index (χ3n) is 8.54. The molecule has 0 saturated carbocycles. The second kappa shape index (κ2) is 11.2. The largest absolute Gasteiger partial charge is 0.496 e. The zero-order valence-corrected chi connectivity index (χ0v) is 25.9. The Morgan fingerprint density at radius 1 is 1.02 bits per heavy atom. The summed E-state index contributed by atoms with van der Waals surface area (Å²) in [5.41, 5.74) is 1.57. The van der Waals surface area contributed by atoms with Gasteiger partial charge in [0.15, 0.2) is 43.5 Å². The molecular formula is C31H40O9Si. The van der Waals surface area contributed by atoms with Crippen molar-refractivity contribution in [3.63, 3.8) is 0 Å². The smallest absolute Gasteiger partial charge is 0.312 e. The molecule has 10 heteroatoms. The van der Waals surface area contributed by atoms with Crippen molar-refractivity contribution in [1.82, 2.24) is 0 Å². The molecule has 2 aromatic carbocycles. The summed E-state index contributed by atoms with van der Waals surface area (Å²) in [5.74, 6) is 1.83. The van der Waals surface area contributed by atoms with E-state index in [2.05, 4.69) is 40.4 Å². The molecule has 0 spiro atoms. The second-order valence-corrected chi connectivity index (χ2v) is 16.9. The van der Waals surface area contributed by atoms with E-state index in [-0.39, 0.29) is 36.9 Å². The second-order valence-electron chi connectivity index (χ2n) is 12.2. The Morgan fingerprint density at radius 2 is 1.76 bits per heavy atom. The fraction of sp³-hybridized carbons (Fsp3) is 0.516. The zero-order valence-electron chi connectivity index (χ0n) is 24.9. The van der Waals surface area contributed by atoms with E-state index >= 15 is 0 Å². The number of ether oxygens (including phenoxy) is 7. The maximum atomic E-state index is 13.1. The Kier molecular flexibility index (Phi) is 8.02. The van der Waals surface area contributed by atoms with Gasteiger partial charge in [-0.2, -0.15) is 0 Å². The van der Waals surface area contributed by atoms with Crippen molar-refractivity contribution < 1.29 is 42.4 Å². The lowest BCUT2D eigenvalue weighted by Crippen LogP contribution is -2.44. The minimum Gasteiger partial charge on any atom is -0.496 e. The number of hydrogen-bond donors (Lipinski definition) is 0. The van der Waals surface area contributed by atoms with Gasteiger partial charge >= 0.3 is 5.97 Å². The number of hydrogen-bond acceptors (Lipinski definition) is 9. The predicted octanol–water partition coefficient (Wildman–Crippen LogP) is 5.99. The Bertz CT molecular complexity index is 1300. The van der Waals surface area contributed by atoms with Gasteiger partial charge < -0.3 is 37.6 Å². The minimum absolute atomic E-state index is 0.0973. The highest BCUT2D eigenvalue weighted by Gasteiger charge is 2.49. The Hall–Kier alpha value is -3.21. The molecule has 5 atom stereocenters. The lowest BCUT2D eigenvalue weighted by atomic mass is 9.86. The highest BCUT2D eigenvalue weighted by Crippen LogP contribution is 2.51. The molecule has 0 aliphatic carbocycles. The maximum absolute atomic E-state index is 13.1. The van der Waals surface area contributed by atoms with E-state index in [0.717, 1.165) is 5.56 Å². The number of benzene rings is 2. The normalized spacial score (nSPS) is 24.1. The van der Waals surface area contributed by atoms with Gasteiger partial charge in [0.25, 0.3) is 0 Å². The van der Waals surface area contributed by atoms with Crippen LogP contribution in [-0.2, 0) is 18.7 Å². The van der Waals surface area contributed by atoms with E-state index in [1.807, 2.05) is 24.3 Å². The molecule has 0 amide bonds. The molecule has 0 radical (unpaired) electrons. The third-order valence-corrected chi connectivity index (χ3v) is 13.0. The molecule has 0 N–H and O–H groups in total. The average Bonchev–Trinajstić information content (AvgIpc) is 3.55. The number of fused-ring (bicyclic) bond motifs is 2. The summed E-state index contributed by atoms with van der Waals surface area (Å²) in [6, 6.07) is 9.38. The SMILES string of the molecule is C=C[C@@H]1COC(=O)[C@H]1[C@@H](O[Si](C)(C)C(C)(C)C)c1cc2c(cc1OC)O[C@H](c1ccc3c(c1)OCO3)[C@@H](COC)O2. The molecule has 1 fully saturated rings. The van der Waals surface area contributed by atoms with Crippen LogP contribution in [0.3, 0.4) is 0 Å². The van der Waals surface area contributed by atoms with Crippen molar-refractivity contribution in [1.29, 1.82) is 0 Å². The molecule has 41 heavy (non-hydrogen) atoms. The highest BCUT2D eigenvalue weighted by molar-refractivity contribution is 6.74. The van der Waals surface area contributed by atoms with Crippen LogP contribution in [-0.4, -0.2) is 54.6 Å². The lowest BCUT2D eigenvalue weighted by molar-refractivity contribution is -0.144. The Morgan fingerprint density at radius 3 is 2.44 bits per heavy atom. The van der Waals surface area contributed by atoms with Crippen LogP contribution in [0.5, 0.6) is 28.7 Å². The first-order valence-electron chi connectivity index (χ1n) is 13.9. The molecule has 0 aromatic heterocycles. The first kappa shape index (κ1) is 29.3. The molecule has 2 aromatic rings. The van der Waals surface area contributed by atoms with Gasteiger partial charge in [0.2, 0.25) is 6.79 Å². The standard InChI is InChI=1S/C31H40O9Si/c1-9-18-15-35-30(32)27(18)29(40-41(7,8)31(2,3)4)20-13-24-25(14-22(20)34-6)39-28(26(38-24)16-33-5)19-10-11-21-23(12-19)37-17-36-21/h9-14,18,26-29H,1,15-17H2,2-8H3/t18-,26-,27-,28-,29+/m1/s1. The van der Waals surface area contributed by atoms with Gasteiger partial charge in [-0.1, -0.05) is 32.9 Å². The van der Waals surface area contributed by atoms with E-state index in [1.54, 1.807) is 26.4 Å². The number of cyclic esters (lactones) is 1. The fourth-order valence-corrected chi connectivity index (χ4v) is 6.44. The van der Waals surface area contributed by atoms with Gasteiger partial charge in [-0.05, 0) is 36.3 Å². The average molecular weight is 585 g/mol. The molecular weight excluding hydrogens is 544 g/mol.